The summed E-state index contributed by atoms with van der Waals surface area (Å²) >= 11 is 5.95. The molecule has 1 saturated carbocycles. The molecule has 1 fully saturated rings. The molecule has 0 spiro atoms. The zero-order valence-electron chi connectivity index (χ0n) is 17.0. The Morgan fingerprint density at radius 2 is 1.84 bits per heavy atom. The van der Waals surface area contributed by atoms with Crippen LogP contribution in [0.2, 0.25) is 5.02 Å². The molecule has 1 aromatic heterocycles. The molecular formula is C20H21ClF3N5O3. The number of imidazole rings is 1. The first-order valence-corrected chi connectivity index (χ1v) is 10.2. The second-order valence-electron chi connectivity index (χ2n) is 7.48. The Labute approximate surface area is 186 Å². The lowest BCUT2D eigenvalue weighted by Crippen LogP contribution is -2.30. The number of nitrogens with two attached hydrogens (primary N) is 1. The number of anilines is 1. The van der Waals surface area contributed by atoms with Gasteiger partial charge in [0, 0.05) is 19.0 Å². The Morgan fingerprint density at radius 1 is 1.19 bits per heavy atom. The van der Waals surface area contributed by atoms with Crippen molar-refractivity contribution in [3.05, 3.63) is 46.5 Å². The maximum atomic E-state index is 12.9. The first-order chi connectivity index (χ1) is 15.0. The van der Waals surface area contributed by atoms with Gasteiger partial charge in [-0.05, 0) is 43.9 Å². The van der Waals surface area contributed by atoms with Crippen molar-refractivity contribution in [1.82, 2.24) is 14.9 Å². The van der Waals surface area contributed by atoms with Crippen molar-refractivity contribution in [2.24, 2.45) is 11.7 Å². The van der Waals surface area contributed by atoms with Crippen LogP contribution in [0.1, 0.15) is 58.3 Å². The SMILES string of the molecule is CNC(=O)c1ncn(C2CCC(C(=O)Nc3cc(C(F)(F)F)ccc3Cl)CC2)c1C(N)=O. The van der Waals surface area contributed by atoms with E-state index in [0.29, 0.717) is 25.7 Å². The van der Waals surface area contributed by atoms with Crippen molar-refractivity contribution in [1.29, 1.82) is 0 Å². The summed E-state index contributed by atoms with van der Waals surface area (Å²) in [6.07, 6.45) is -1.38. The highest BCUT2D eigenvalue weighted by Gasteiger charge is 2.33. The molecule has 3 amide bonds. The number of nitrogens with one attached hydrogen (secondary N) is 2. The summed E-state index contributed by atoms with van der Waals surface area (Å²) in [5.41, 5.74) is 4.35. The number of amides is 3. The molecule has 1 aliphatic rings. The Balaban J connectivity index is 1.69. The molecule has 8 nitrogen and oxygen atoms in total. The number of hydrogen-bond acceptors (Lipinski definition) is 4. The number of carbonyl (C=O) groups is 3. The maximum Gasteiger partial charge on any atom is 0.416 e. The number of primary amides is 1. The average molecular weight is 472 g/mol. The van der Waals surface area contributed by atoms with Crippen molar-refractivity contribution < 1.29 is 27.6 Å². The highest BCUT2D eigenvalue weighted by Crippen LogP contribution is 2.36. The summed E-state index contributed by atoms with van der Waals surface area (Å²) in [5, 5.41) is 4.89. The normalized spacial score (nSPS) is 18.8. The zero-order chi connectivity index (χ0) is 23.6. The van der Waals surface area contributed by atoms with Crippen molar-refractivity contribution >= 4 is 35.0 Å². The summed E-state index contributed by atoms with van der Waals surface area (Å²) in [6.45, 7) is 0. The molecule has 0 aliphatic heterocycles. The molecule has 0 saturated heterocycles. The number of carbonyl (C=O) groups excluding carboxylic acids is 3. The Kier molecular flexibility index (Phi) is 6.77. The molecule has 1 heterocycles. The number of benzene rings is 1. The van der Waals surface area contributed by atoms with E-state index in [1.807, 2.05) is 0 Å². The molecule has 1 aromatic carbocycles. The molecule has 0 atom stereocenters. The zero-order valence-corrected chi connectivity index (χ0v) is 17.8. The fourth-order valence-electron chi connectivity index (χ4n) is 3.81. The number of nitrogens with zero attached hydrogens (tertiary/aromatic N) is 2. The molecule has 0 unspecified atom stereocenters. The molecule has 3 rings (SSSR count). The lowest BCUT2D eigenvalue weighted by Gasteiger charge is -2.29. The van der Waals surface area contributed by atoms with Gasteiger partial charge in [-0.15, -0.1) is 0 Å². The highest BCUT2D eigenvalue weighted by atomic mass is 35.5. The van der Waals surface area contributed by atoms with Crippen molar-refractivity contribution in [2.45, 2.75) is 37.9 Å². The van der Waals surface area contributed by atoms with E-state index in [0.717, 1.165) is 18.2 Å². The molecule has 4 N–H and O–H groups in total. The Hall–Kier alpha value is -3.08. The molecule has 172 valence electrons. The lowest BCUT2D eigenvalue weighted by molar-refractivity contribution is -0.137. The molecule has 0 bridgehead atoms. The van der Waals surface area contributed by atoms with E-state index in [2.05, 4.69) is 15.6 Å². The van der Waals surface area contributed by atoms with E-state index in [1.54, 1.807) is 4.57 Å². The molecular weight excluding hydrogens is 451 g/mol. The minimum Gasteiger partial charge on any atom is -0.364 e. The van der Waals surface area contributed by atoms with Gasteiger partial charge >= 0.3 is 6.18 Å². The first kappa shape index (κ1) is 23.6. The Bertz CT molecular complexity index is 1050. The standard InChI is InChI=1S/C20H21ClF3N5O3/c1-26-19(32)15-16(17(25)30)29(9-27-15)12-5-2-10(3-6-12)18(31)28-14-8-11(20(22,23)24)4-7-13(14)21/h4,7-10,12H,2-3,5-6H2,1H3,(H2,25,30)(H,26,32)(H,28,31). The fraction of sp³-hybridized carbons (Fsp3) is 0.400. The van der Waals surface area contributed by atoms with Crippen LogP contribution in [-0.2, 0) is 11.0 Å². The maximum absolute atomic E-state index is 12.9. The topological polar surface area (TPSA) is 119 Å². The van der Waals surface area contributed by atoms with Crippen molar-refractivity contribution in [3.8, 4) is 0 Å². The lowest BCUT2D eigenvalue weighted by atomic mass is 9.85. The van der Waals surface area contributed by atoms with Gasteiger partial charge in [0.05, 0.1) is 22.6 Å². The van der Waals surface area contributed by atoms with Crippen LogP contribution in [0.4, 0.5) is 18.9 Å². The largest absolute Gasteiger partial charge is 0.416 e. The van der Waals surface area contributed by atoms with Gasteiger partial charge in [-0.3, -0.25) is 14.4 Å². The number of halogens is 4. The first-order valence-electron chi connectivity index (χ1n) is 9.79. The van der Waals surface area contributed by atoms with Crippen molar-refractivity contribution in [2.75, 3.05) is 12.4 Å². The number of rotatable bonds is 5. The van der Waals surface area contributed by atoms with E-state index in [1.165, 1.54) is 13.4 Å². The van der Waals surface area contributed by atoms with Crippen LogP contribution in [0.3, 0.4) is 0 Å². The van der Waals surface area contributed by atoms with Gasteiger partial charge in [0.1, 0.15) is 5.69 Å². The smallest absolute Gasteiger partial charge is 0.364 e. The van der Waals surface area contributed by atoms with Crippen LogP contribution in [0, 0.1) is 5.92 Å². The van der Waals surface area contributed by atoms with Crippen LogP contribution < -0.4 is 16.4 Å². The van der Waals surface area contributed by atoms with Crippen LogP contribution in [0.25, 0.3) is 0 Å². The van der Waals surface area contributed by atoms with Crippen LogP contribution in [0.15, 0.2) is 24.5 Å². The molecule has 12 heteroatoms. The minimum atomic E-state index is -4.56. The van der Waals surface area contributed by atoms with E-state index in [9.17, 15) is 27.6 Å². The third-order valence-corrected chi connectivity index (χ3v) is 5.81. The number of hydrogen-bond donors (Lipinski definition) is 3. The van der Waals surface area contributed by atoms with Crippen LogP contribution >= 0.6 is 11.6 Å². The summed E-state index contributed by atoms with van der Waals surface area (Å²) in [5.74, 6) is -2.21. The molecule has 2 aromatic rings. The third kappa shape index (κ3) is 4.87. The van der Waals surface area contributed by atoms with Crippen LogP contribution in [0.5, 0.6) is 0 Å². The van der Waals surface area contributed by atoms with Gasteiger partial charge in [-0.2, -0.15) is 13.2 Å². The second-order valence-corrected chi connectivity index (χ2v) is 7.89. The monoisotopic (exact) mass is 471 g/mol. The van der Waals surface area contributed by atoms with E-state index in [-0.39, 0.29) is 28.1 Å². The number of aromatic nitrogens is 2. The van der Waals surface area contributed by atoms with E-state index < -0.39 is 35.4 Å². The second kappa shape index (κ2) is 9.19. The predicted octanol–water partition coefficient (Wildman–Crippen LogP) is 3.38. The van der Waals surface area contributed by atoms with E-state index >= 15 is 0 Å². The van der Waals surface area contributed by atoms with Gasteiger partial charge in [0.25, 0.3) is 11.8 Å². The van der Waals surface area contributed by atoms with Crippen LogP contribution in [-0.4, -0.2) is 34.3 Å². The molecule has 1 aliphatic carbocycles. The summed E-state index contributed by atoms with van der Waals surface area (Å²) in [4.78, 5) is 40.5. The van der Waals surface area contributed by atoms with Gasteiger partial charge in [0.15, 0.2) is 5.69 Å². The molecule has 0 radical (unpaired) electrons. The van der Waals surface area contributed by atoms with Gasteiger partial charge in [-0.25, -0.2) is 4.98 Å². The number of alkyl halides is 3. The highest BCUT2D eigenvalue weighted by molar-refractivity contribution is 6.33. The fourth-order valence-corrected chi connectivity index (χ4v) is 3.98. The Morgan fingerprint density at radius 3 is 2.41 bits per heavy atom. The average Bonchev–Trinajstić information content (AvgIpc) is 3.19. The quantitative estimate of drug-likeness (QED) is 0.619. The molecule has 32 heavy (non-hydrogen) atoms. The summed E-state index contributed by atoms with van der Waals surface area (Å²) in [6, 6.07) is 2.53. The summed E-state index contributed by atoms with van der Waals surface area (Å²) < 4.78 is 40.4. The third-order valence-electron chi connectivity index (χ3n) is 5.48. The van der Waals surface area contributed by atoms with Crippen molar-refractivity contribution in [3.63, 3.8) is 0 Å². The van der Waals surface area contributed by atoms with Gasteiger partial charge in [0.2, 0.25) is 5.91 Å². The minimum absolute atomic E-state index is 0.00582. The predicted molar refractivity (Wildman–Crippen MR) is 110 cm³/mol. The van der Waals surface area contributed by atoms with E-state index in [4.69, 9.17) is 17.3 Å². The van der Waals surface area contributed by atoms with Gasteiger partial charge in [-0.1, -0.05) is 11.6 Å². The summed E-state index contributed by atoms with van der Waals surface area (Å²) in [7, 11) is 1.41. The van der Waals surface area contributed by atoms with Gasteiger partial charge < -0.3 is 20.9 Å².